The molecule has 0 saturated heterocycles. The summed E-state index contributed by atoms with van der Waals surface area (Å²) in [5.41, 5.74) is 0. The fraction of sp³-hybridized carbons (Fsp3) is 0.409. The number of aliphatic carboxylic acids is 1. The van der Waals surface area contributed by atoms with E-state index in [1.165, 1.54) is 6.08 Å². The number of carboxylic acid groups (broad SMARTS) is 1. The summed E-state index contributed by atoms with van der Waals surface area (Å²) >= 11 is 0. The van der Waals surface area contributed by atoms with Gasteiger partial charge < -0.3 is 20.4 Å². The highest BCUT2D eigenvalue weighted by Gasteiger charge is 2.10. The average molecular weight is 376 g/mol. The van der Waals surface area contributed by atoms with E-state index in [-0.39, 0.29) is 6.42 Å². The third-order valence-electron chi connectivity index (χ3n) is 3.44. The van der Waals surface area contributed by atoms with E-state index in [0.29, 0.717) is 19.3 Å². The number of carbonyl (C=O) groups is 1. The second-order valence-corrected chi connectivity index (χ2v) is 5.92. The summed E-state index contributed by atoms with van der Waals surface area (Å²) in [7, 11) is 0. The molecule has 3 atom stereocenters. The van der Waals surface area contributed by atoms with Crippen LogP contribution >= 0.6 is 0 Å². The van der Waals surface area contributed by atoms with Crippen LogP contribution in [-0.2, 0) is 4.79 Å². The van der Waals surface area contributed by atoms with Gasteiger partial charge in [0, 0.05) is 6.42 Å². The summed E-state index contributed by atoms with van der Waals surface area (Å²) in [5, 5.41) is 37.7. The van der Waals surface area contributed by atoms with Crippen molar-refractivity contribution in [2.45, 2.75) is 57.3 Å². The average Bonchev–Trinajstić information content (AvgIpc) is 2.63. The van der Waals surface area contributed by atoms with Crippen LogP contribution in [0.2, 0.25) is 0 Å². The molecular formula is C22H32O5. The standard InChI is InChI=1S/C22H32O5/c1-2-3-9-16-20(24)21(25)17-12-7-5-4-6-10-14-19(23)15-11-8-13-18-22(26)27/h3-12,14,17,19-21,23-25H,2,13,15-16,18H2,1H3,(H,26,27)/b6-4+,7-5+,9-3+,11-8+,14-10?,17-12+/t19-,20+,21-/m1/s1. The summed E-state index contributed by atoms with van der Waals surface area (Å²) < 4.78 is 0. The van der Waals surface area contributed by atoms with Crippen molar-refractivity contribution in [3.63, 3.8) is 0 Å². The predicted molar refractivity (Wildman–Crippen MR) is 109 cm³/mol. The Morgan fingerprint density at radius 3 is 2.04 bits per heavy atom. The van der Waals surface area contributed by atoms with Gasteiger partial charge in [0.05, 0.1) is 18.3 Å². The lowest BCUT2D eigenvalue weighted by atomic mass is 10.1. The number of hydrogen-bond donors (Lipinski definition) is 4. The van der Waals surface area contributed by atoms with Gasteiger partial charge in [0.25, 0.3) is 0 Å². The molecule has 0 heterocycles. The summed E-state index contributed by atoms with van der Waals surface area (Å²) in [6.07, 6.45) is 21.0. The van der Waals surface area contributed by atoms with Crippen LogP contribution in [0.3, 0.4) is 0 Å². The molecule has 0 unspecified atom stereocenters. The zero-order chi connectivity index (χ0) is 20.3. The Kier molecular flexibility index (Phi) is 15.8. The largest absolute Gasteiger partial charge is 0.481 e. The molecule has 0 saturated carbocycles. The fourth-order valence-corrected chi connectivity index (χ4v) is 1.94. The molecule has 0 aromatic heterocycles. The van der Waals surface area contributed by atoms with E-state index in [9.17, 15) is 20.1 Å². The van der Waals surface area contributed by atoms with Crippen molar-refractivity contribution in [1.29, 1.82) is 0 Å². The molecule has 0 radical (unpaired) electrons. The maximum Gasteiger partial charge on any atom is 0.303 e. The van der Waals surface area contributed by atoms with E-state index in [0.717, 1.165) is 6.42 Å². The highest BCUT2D eigenvalue weighted by molar-refractivity contribution is 5.66. The molecule has 0 aromatic carbocycles. The highest BCUT2D eigenvalue weighted by Crippen LogP contribution is 2.03. The molecule has 0 fully saturated rings. The van der Waals surface area contributed by atoms with E-state index in [4.69, 9.17) is 5.11 Å². The monoisotopic (exact) mass is 376 g/mol. The van der Waals surface area contributed by atoms with Crippen LogP contribution in [0.15, 0.2) is 72.9 Å². The normalized spacial score (nSPS) is 16.6. The molecule has 27 heavy (non-hydrogen) atoms. The molecule has 5 heteroatoms. The number of carboxylic acids is 1. The lowest BCUT2D eigenvalue weighted by molar-refractivity contribution is -0.136. The van der Waals surface area contributed by atoms with Gasteiger partial charge in [0.1, 0.15) is 0 Å². The quantitative estimate of drug-likeness (QED) is 0.275. The van der Waals surface area contributed by atoms with E-state index in [2.05, 4.69) is 0 Å². The third kappa shape index (κ3) is 17.0. The predicted octanol–water partition coefficient (Wildman–Crippen LogP) is 3.46. The minimum Gasteiger partial charge on any atom is -0.481 e. The topological polar surface area (TPSA) is 98.0 Å². The zero-order valence-electron chi connectivity index (χ0n) is 15.9. The van der Waals surface area contributed by atoms with Crippen molar-refractivity contribution in [3.05, 3.63) is 72.9 Å². The Morgan fingerprint density at radius 2 is 1.41 bits per heavy atom. The van der Waals surface area contributed by atoms with Crippen molar-refractivity contribution in [2.24, 2.45) is 0 Å². The number of aliphatic hydroxyl groups excluding tert-OH is 3. The molecule has 150 valence electrons. The van der Waals surface area contributed by atoms with Crippen LogP contribution in [0, 0.1) is 0 Å². The van der Waals surface area contributed by atoms with Gasteiger partial charge in [-0.3, -0.25) is 4.79 Å². The van der Waals surface area contributed by atoms with Crippen molar-refractivity contribution in [1.82, 2.24) is 0 Å². The highest BCUT2D eigenvalue weighted by atomic mass is 16.4. The summed E-state index contributed by atoms with van der Waals surface area (Å²) in [4.78, 5) is 10.3. The SMILES string of the molecule is CC/C=C/C[C@H](O)[C@H](O)/C=C/C=C/C=C/C=C[C@@H](O)C/C=C/CCC(=O)O. The Hall–Kier alpha value is -2.21. The van der Waals surface area contributed by atoms with Crippen LogP contribution in [0.4, 0.5) is 0 Å². The zero-order valence-corrected chi connectivity index (χ0v) is 15.9. The van der Waals surface area contributed by atoms with Crippen LogP contribution in [0.25, 0.3) is 0 Å². The molecule has 0 bridgehead atoms. The second-order valence-electron chi connectivity index (χ2n) is 5.92. The van der Waals surface area contributed by atoms with E-state index >= 15 is 0 Å². The van der Waals surface area contributed by atoms with Gasteiger partial charge >= 0.3 is 5.97 Å². The van der Waals surface area contributed by atoms with Gasteiger partial charge in [-0.05, 0) is 25.7 Å². The molecular weight excluding hydrogens is 344 g/mol. The Balaban J connectivity index is 4.03. The van der Waals surface area contributed by atoms with Crippen molar-refractivity contribution in [2.75, 3.05) is 0 Å². The minimum absolute atomic E-state index is 0.0951. The second kappa shape index (κ2) is 17.2. The number of rotatable bonds is 14. The lowest BCUT2D eigenvalue weighted by Crippen LogP contribution is -2.22. The first-order chi connectivity index (χ1) is 13.0. The van der Waals surface area contributed by atoms with Gasteiger partial charge in [-0.15, -0.1) is 0 Å². The van der Waals surface area contributed by atoms with Crippen LogP contribution in [-0.4, -0.2) is 44.7 Å². The molecule has 0 spiro atoms. The van der Waals surface area contributed by atoms with Crippen LogP contribution in [0.1, 0.15) is 39.0 Å². The van der Waals surface area contributed by atoms with Crippen molar-refractivity contribution in [3.8, 4) is 0 Å². The number of hydrogen-bond acceptors (Lipinski definition) is 4. The first-order valence-corrected chi connectivity index (χ1v) is 9.21. The molecule has 5 nitrogen and oxygen atoms in total. The molecule has 0 aliphatic heterocycles. The van der Waals surface area contributed by atoms with Gasteiger partial charge in [-0.25, -0.2) is 0 Å². The van der Waals surface area contributed by atoms with Crippen LogP contribution in [0.5, 0.6) is 0 Å². The van der Waals surface area contributed by atoms with Crippen molar-refractivity contribution < 1.29 is 25.2 Å². The first-order valence-electron chi connectivity index (χ1n) is 9.21. The first kappa shape index (κ1) is 24.8. The van der Waals surface area contributed by atoms with Gasteiger partial charge in [-0.2, -0.15) is 0 Å². The fourth-order valence-electron chi connectivity index (χ4n) is 1.94. The van der Waals surface area contributed by atoms with Gasteiger partial charge in [0.15, 0.2) is 0 Å². The lowest BCUT2D eigenvalue weighted by Gasteiger charge is -2.11. The van der Waals surface area contributed by atoms with E-state index in [1.807, 2.05) is 19.1 Å². The minimum atomic E-state index is -0.904. The summed E-state index contributed by atoms with van der Waals surface area (Å²) in [5.74, 6) is -0.831. The van der Waals surface area contributed by atoms with E-state index in [1.54, 1.807) is 54.7 Å². The molecule has 0 rings (SSSR count). The van der Waals surface area contributed by atoms with Crippen LogP contribution < -0.4 is 0 Å². The molecule has 0 aliphatic rings. The molecule has 0 amide bonds. The number of allylic oxidation sites excluding steroid dienone is 8. The van der Waals surface area contributed by atoms with Gasteiger partial charge in [0.2, 0.25) is 0 Å². The third-order valence-corrected chi connectivity index (χ3v) is 3.44. The smallest absolute Gasteiger partial charge is 0.303 e. The van der Waals surface area contributed by atoms with Gasteiger partial charge in [-0.1, -0.05) is 79.8 Å². The maximum absolute atomic E-state index is 10.3. The Labute approximate surface area is 162 Å². The summed E-state index contributed by atoms with van der Waals surface area (Å²) in [6.45, 7) is 2.01. The number of aliphatic hydroxyl groups is 3. The summed E-state index contributed by atoms with van der Waals surface area (Å²) in [6, 6.07) is 0. The Morgan fingerprint density at radius 1 is 0.815 bits per heavy atom. The van der Waals surface area contributed by atoms with E-state index < -0.39 is 24.3 Å². The van der Waals surface area contributed by atoms with Crippen molar-refractivity contribution >= 4 is 5.97 Å². The molecule has 0 aliphatic carbocycles. The molecule has 0 aromatic rings. The molecule has 4 N–H and O–H groups in total. The maximum atomic E-state index is 10.3. The Bertz CT molecular complexity index is 555.